The molecule has 2 heterocycles. The Bertz CT molecular complexity index is 580. The van der Waals surface area contributed by atoms with Crippen molar-refractivity contribution >= 4 is 5.97 Å². The molecule has 1 atom stereocenters. The van der Waals surface area contributed by atoms with Crippen LogP contribution in [0, 0.1) is 6.92 Å². The molecule has 0 aliphatic carbocycles. The SMILES string of the molecule is CCOC(=O)C(C)c1nc(-c2cnccc2C)no1. The van der Waals surface area contributed by atoms with Crippen LogP contribution in [0.15, 0.2) is 23.0 Å². The average Bonchev–Trinajstić information content (AvgIpc) is 2.88. The summed E-state index contributed by atoms with van der Waals surface area (Å²) in [5.74, 6) is -0.271. The van der Waals surface area contributed by atoms with E-state index in [1.54, 1.807) is 26.2 Å². The molecular weight excluding hydrogens is 246 g/mol. The van der Waals surface area contributed by atoms with Gasteiger partial charge in [0.2, 0.25) is 11.7 Å². The maximum absolute atomic E-state index is 11.6. The van der Waals surface area contributed by atoms with E-state index in [4.69, 9.17) is 9.26 Å². The zero-order chi connectivity index (χ0) is 13.8. The summed E-state index contributed by atoms with van der Waals surface area (Å²) < 4.78 is 10.0. The average molecular weight is 261 g/mol. The van der Waals surface area contributed by atoms with Crippen molar-refractivity contribution in [3.8, 4) is 11.4 Å². The van der Waals surface area contributed by atoms with Crippen LogP contribution in [0.4, 0.5) is 0 Å². The molecule has 0 fully saturated rings. The predicted octanol–water partition coefficient (Wildman–Crippen LogP) is 2.11. The second kappa shape index (κ2) is 5.60. The number of aromatic nitrogens is 3. The van der Waals surface area contributed by atoms with Crippen LogP contribution in [-0.4, -0.2) is 27.7 Å². The van der Waals surface area contributed by atoms with Crippen LogP contribution >= 0.6 is 0 Å². The molecule has 0 amide bonds. The van der Waals surface area contributed by atoms with Crippen LogP contribution in [0.25, 0.3) is 11.4 Å². The molecule has 0 saturated heterocycles. The molecule has 0 N–H and O–H groups in total. The van der Waals surface area contributed by atoms with E-state index in [0.717, 1.165) is 11.1 Å². The highest BCUT2D eigenvalue weighted by atomic mass is 16.5. The number of rotatable bonds is 4. The van der Waals surface area contributed by atoms with Crippen LogP contribution in [0.5, 0.6) is 0 Å². The smallest absolute Gasteiger partial charge is 0.318 e. The number of esters is 1. The van der Waals surface area contributed by atoms with Crippen molar-refractivity contribution in [1.82, 2.24) is 15.1 Å². The number of carbonyl (C=O) groups is 1. The molecule has 0 radical (unpaired) electrons. The Morgan fingerprint density at radius 2 is 2.32 bits per heavy atom. The minimum absolute atomic E-state index is 0.247. The lowest BCUT2D eigenvalue weighted by Crippen LogP contribution is -2.13. The lowest BCUT2D eigenvalue weighted by molar-refractivity contribution is -0.145. The van der Waals surface area contributed by atoms with Crippen molar-refractivity contribution in [1.29, 1.82) is 0 Å². The van der Waals surface area contributed by atoms with E-state index in [9.17, 15) is 4.79 Å². The molecular formula is C13H15N3O3. The first kappa shape index (κ1) is 13.2. The van der Waals surface area contributed by atoms with Crippen molar-refractivity contribution in [2.45, 2.75) is 26.7 Å². The van der Waals surface area contributed by atoms with Gasteiger partial charge in [-0.25, -0.2) is 0 Å². The molecule has 6 nitrogen and oxygen atoms in total. The van der Waals surface area contributed by atoms with E-state index in [-0.39, 0.29) is 11.9 Å². The Hall–Kier alpha value is -2.24. The molecule has 2 aromatic rings. The molecule has 19 heavy (non-hydrogen) atoms. The van der Waals surface area contributed by atoms with Gasteiger partial charge in [-0.15, -0.1) is 0 Å². The number of aryl methyl sites for hydroxylation is 1. The van der Waals surface area contributed by atoms with Gasteiger partial charge in [-0.1, -0.05) is 5.16 Å². The third kappa shape index (κ3) is 2.78. The monoisotopic (exact) mass is 261 g/mol. The number of hydrogen-bond acceptors (Lipinski definition) is 6. The van der Waals surface area contributed by atoms with E-state index in [0.29, 0.717) is 12.4 Å². The third-order valence-electron chi connectivity index (χ3n) is 2.73. The molecule has 0 aliphatic rings. The van der Waals surface area contributed by atoms with Crippen molar-refractivity contribution in [2.24, 2.45) is 0 Å². The van der Waals surface area contributed by atoms with Crippen molar-refractivity contribution in [2.75, 3.05) is 6.61 Å². The number of hydrogen-bond donors (Lipinski definition) is 0. The highest BCUT2D eigenvalue weighted by molar-refractivity contribution is 5.76. The van der Waals surface area contributed by atoms with Crippen LogP contribution in [0.2, 0.25) is 0 Å². The summed E-state index contributed by atoms with van der Waals surface area (Å²) in [5.41, 5.74) is 1.78. The normalized spacial score (nSPS) is 12.2. The molecule has 0 spiro atoms. The topological polar surface area (TPSA) is 78.1 Å². The molecule has 1 unspecified atom stereocenters. The van der Waals surface area contributed by atoms with E-state index < -0.39 is 5.92 Å². The van der Waals surface area contributed by atoms with Gasteiger partial charge < -0.3 is 9.26 Å². The fourth-order valence-corrected chi connectivity index (χ4v) is 1.59. The zero-order valence-electron chi connectivity index (χ0n) is 11.1. The summed E-state index contributed by atoms with van der Waals surface area (Å²) in [5, 5.41) is 3.88. The van der Waals surface area contributed by atoms with Crippen LogP contribution in [-0.2, 0) is 9.53 Å². The Balaban J connectivity index is 2.24. The summed E-state index contributed by atoms with van der Waals surface area (Å²) in [6, 6.07) is 1.86. The van der Waals surface area contributed by atoms with Gasteiger partial charge in [-0.2, -0.15) is 4.98 Å². The summed E-state index contributed by atoms with van der Waals surface area (Å²) in [4.78, 5) is 19.8. The Morgan fingerprint density at radius 1 is 1.53 bits per heavy atom. The van der Waals surface area contributed by atoms with Crippen LogP contribution in [0.1, 0.15) is 31.2 Å². The maximum Gasteiger partial charge on any atom is 0.318 e. The first-order valence-corrected chi connectivity index (χ1v) is 6.04. The maximum atomic E-state index is 11.6. The molecule has 0 saturated carbocycles. The van der Waals surface area contributed by atoms with Gasteiger partial charge in [0, 0.05) is 18.0 Å². The van der Waals surface area contributed by atoms with Crippen molar-refractivity contribution < 1.29 is 14.1 Å². The Kier molecular flexibility index (Phi) is 3.89. The highest BCUT2D eigenvalue weighted by Crippen LogP contribution is 2.22. The quantitative estimate of drug-likeness (QED) is 0.784. The Morgan fingerprint density at radius 3 is 3.00 bits per heavy atom. The minimum atomic E-state index is -0.571. The Labute approximate surface area is 110 Å². The number of carbonyl (C=O) groups excluding carboxylic acids is 1. The first-order valence-electron chi connectivity index (χ1n) is 6.04. The lowest BCUT2D eigenvalue weighted by atomic mass is 10.1. The van der Waals surface area contributed by atoms with E-state index >= 15 is 0 Å². The van der Waals surface area contributed by atoms with Gasteiger partial charge in [0.1, 0.15) is 5.92 Å². The highest BCUT2D eigenvalue weighted by Gasteiger charge is 2.23. The van der Waals surface area contributed by atoms with Crippen LogP contribution < -0.4 is 0 Å². The summed E-state index contributed by atoms with van der Waals surface area (Å²) in [6.45, 7) is 5.68. The largest absolute Gasteiger partial charge is 0.465 e. The lowest BCUT2D eigenvalue weighted by Gasteiger charge is -2.04. The number of nitrogens with zero attached hydrogens (tertiary/aromatic N) is 3. The van der Waals surface area contributed by atoms with Gasteiger partial charge in [0.15, 0.2) is 0 Å². The van der Waals surface area contributed by atoms with E-state index in [1.807, 2.05) is 13.0 Å². The first-order chi connectivity index (χ1) is 9.13. The summed E-state index contributed by atoms with van der Waals surface area (Å²) in [7, 11) is 0. The van der Waals surface area contributed by atoms with Gasteiger partial charge in [-0.05, 0) is 32.4 Å². The number of ether oxygens (including phenoxy) is 1. The van der Waals surface area contributed by atoms with Gasteiger partial charge >= 0.3 is 5.97 Å². The number of pyridine rings is 1. The van der Waals surface area contributed by atoms with Crippen LogP contribution in [0.3, 0.4) is 0 Å². The summed E-state index contributed by atoms with van der Waals surface area (Å²) in [6.07, 6.45) is 3.36. The summed E-state index contributed by atoms with van der Waals surface area (Å²) >= 11 is 0. The fraction of sp³-hybridized carbons (Fsp3) is 0.385. The van der Waals surface area contributed by atoms with Crippen molar-refractivity contribution in [3.05, 3.63) is 29.9 Å². The third-order valence-corrected chi connectivity index (χ3v) is 2.73. The molecule has 6 heteroatoms. The zero-order valence-corrected chi connectivity index (χ0v) is 11.1. The van der Waals surface area contributed by atoms with Gasteiger partial charge in [0.05, 0.1) is 6.61 Å². The van der Waals surface area contributed by atoms with E-state index in [1.165, 1.54) is 0 Å². The standard InChI is InChI=1S/C13H15N3O3/c1-4-18-13(17)9(3)12-15-11(16-19-12)10-7-14-6-5-8(10)2/h5-7,9H,4H2,1-3H3. The van der Waals surface area contributed by atoms with Gasteiger partial charge in [-0.3, -0.25) is 9.78 Å². The van der Waals surface area contributed by atoms with E-state index in [2.05, 4.69) is 15.1 Å². The minimum Gasteiger partial charge on any atom is -0.465 e. The van der Waals surface area contributed by atoms with Crippen molar-refractivity contribution in [3.63, 3.8) is 0 Å². The predicted molar refractivity (Wildman–Crippen MR) is 67.3 cm³/mol. The molecule has 0 bridgehead atoms. The van der Waals surface area contributed by atoms with Gasteiger partial charge in [0.25, 0.3) is 0 Å². The molecule has 0 aromatic carbocycles. The molecule has 0 aliphatic heterocycles. The molecule has 100 valence electrons. The molecule has 2 aromatic heterocycles. The fourth-order valence-electron chi connectivity index (χ4n) is 1.59. The molecule has 2 rings (SSSR count). The second-order valence-corrected chi connectivity index (χ2v) is 4.12. The second-order valence-electron chi connectivity index (χ2n) is 4.12.